The van der Waals surface area contributed by atoms with E-state index in [2.05, 4.69) is 15.1 Å². The van der Waals surface area contributed by atoms with Crippen LogP contribution in [0.2, 0.25) is 0 Å². The largest absolute Gasteiger partial charge is 0.468 e. The Balaban J connectivity index is 1.53. The smallest absolute Gasteiger partial charge is 0.259 e. The molecule has 4 aromatic rings. The fourth-order valence-electron chi connectivity index (χ4n) is 3.41. The number of hydrogen-bond acceptors (Lipinski definition) is 5. The van der Waals surface area contributed by atoms with Crippen molar-refractivity contribution in [1.29, 1.82) is 0 Å². The molecule has 2 aromatic carbocycles. The predicted octanol–water partition coefficient (Wildman–Crippen LogP) is 4.07. The first-order valence-corrected chi connectivity index (χ1v) is 11.9. The summed E-state index contributed by atoms with van der Waals surface area (Å²) >= 11 is 0. The molecule has 2 heterocycles. The summed E-state index contributed by atoms with van der Waals surface area (Å²) in [6.45, 7) is 3.99. The monoisotopic (exact) mass is 464 g/mol. The van der Waals surface area contributed by atoms with Crippen LogP contribution in [0.25, 0.3) is 5.69 Å². The van der Waals surface area contributed by atoms with Crippen LogP contribution in [0, 0.1) is 6.92 Å². The number of carbonyl (C=O) groups excluding carboxylic acids is 1. The highest BCUT2D eigenvalue weighted by atomic mass is 32.2. The molecule has 2 N–H and O–H groups in total. The third-order valence-corrected chi connectivity index (χ3v) is 6.54. The van der Waals surface area contributed by atoms with Crippen molar-refractivity contribution in [2.75, 3.05) is 5.32 Å². The van der Waals surface area contributed by atoms with Crippen LogP contribution in [0.4, 0.5) is 5.69 Å². The van der Waals surface area contributed by atoms with Crippen molar-refractivity contribution in [3.8, 4) is 5.69 Å². The molecule has 4 rings (SSSR count). The normalized spacial score (nSPS) is 11.5. The van der Waals surface area contributed by atoms with E-state index in [9.17, 15) is 13.2 Å². The molecule has 0 bridgehead atoms. The van der Waals surface area contributed by atoms with Gasteiger partial charge in [0, 0.05) is 5.69 Å². The number of carbonyl (C=O) groups is 1. The molecule has 0 aliphatic heterocycles. The summed E-state index contributed by atoms with van der Waals surface area (Å²) in [5.74, 6) is 0.143. The number of sulfonamides is 1. The van der Waals surface area contributed by atoms with E-state index in [0.717, 1.165) is 16.9 Å². The molecule has 8 nitrogen and oxygen atoms in total. The van der Waals surface area contributed by atoms with Gasteiger partial charge in [0.15, 0.2) is 0 Å². The Labute approximate surface area is 192 Å². The van der Waals surface area contributed by atoms with Gasteiger partial charge in [0.25, 0.3) is 5.91 Å². The SMILES string of the molecule is CCc1c(C(=O)Nc2cccc(S(=O)(=O)NCc3ccco3)c2)cnn1-c1ccc(C)cc1. The first kappa shape index (κ1) is 22.5. The highest BCUT2D eigenvalue weighted by Gasteiger charge is 2.19. The van der Waals surface area contributed by atoms with Gasteiger partial charge in [-0.2, -0.15) is 5.10 Å². The van der Waals surface area contributed by atoms with E-state index < -0.39 is 10.0 Å². The van der Waals surface area contributed by atoms with E-state index >= 15 is 0 Å². The van der Waals surface area contributed by atoms with Crippen LogP contribution < -0.4 is 10.0 Å². The van der Waals surface area contributed by atoms with Crippen LogP contribution in [0.1, 0.15) is 34.3 Å². The fourth-order valence-corrected chi connectivity index (χ4v) is 4.45. The number of nitrogens with one attached hydrogen (secondary N) is 2. The Morgan fingerprint density at radius 2 is 1.88 bits per heavy atom. The number of furan rings is 1. The summed E-state index contributed by atoms with van der Waals surface area (Å²) in [6, 6.07) is 17.3. The lowest BCUT2D eigenvalue weighted by Gasteiger charge is -2.10. The molecule has 0 radical (unpaired) electrons. The second-order valence-electron chi connectivity index (χ2n) is 7.49. The van der Waals surface area contributed by atoms with E-state index in [4.69, 9.17) is 4.42 Å². The zero-order valence-corrected chi connectivity index (χ0v) is 19.1. The van der Waals surface area contributed by atoms with Crippen molar-refractivity contribution in [2.45, 2.75) is 31.7 Å². The number of aryl methyl sites for hydroxylation is 1. The lowest BCUT2D eigenvalue weighted by Crippen LogP contribution is -2.23. The summed E-state index contributed by atoms with van der Waals surface area (Å²) in [5, 5.41) is 7.18. The summed E-state index contributed by atoms with van der Waals surface area (Å²) < 4.78 is 34.7. The average molecular weight is 465 g/mol. The van der Waals surface area contributed by atoms with Gasteiger partial charge in [-0.05, 0) is 55.8 Å². The zero-order valence-electron chi connectivity index (χ0n) is 18.3. The van der Waals surface area contributed by atoms with E-state index in [-0.39, 0.29) is 17.3 Å². The fraction of sp³-hybridized carbons (Fsp3) is 0.167. The van der Waals surface area contributed by atoms with Crippen LogP contribution in [-0.4, -0.2) is 24.1 Å². The number of hydrogen-bond donors (Lipinski definition) is 2. The highest BCUT2D eigenvalue weighted by Crippen LogP contribution is 2.20. The minimum atomic E-state index is -3.79. The molecule has 9 heteroatoms. The summed E-state index contributed by atoms with van der Waals surface area (Å²) in [5.41, 5.74) is 3.57. The van der Waals surface area contributed by atoms with Crippen LogP contribution in [0.3, 0.4) is 0 Å². The number of aromatic nitrogens is 2. The molecular formula is C24H24N4O4S. The van der Waals surface area contributed by atoms with E-state index in [1.54, 1.807) is 28.9 Å². The van der Waals surface area contributed by atoms with Crippen LogP contribution >= 0.6 is 0 Å². The van der Waals surface area contributed by atoms with Crippen molar-refractivity contribution >= 4 is 21.6 Å². The quantitative estimate of drug-likeness (QED) is 0.409. The summed E-state index contributed by atoms with van der Waals surface area (Å²) in [7, 11) is -3.79. The zero-order chi connectivity index (χ0) is 23.4. The van der Waals surface area contributed by atoms with Crippen molar-refractivity contribution in [3.05, 3.63) is 95.7 Å². The van der Waals surface area contributed by atoms with Crippen LogP contribution in [0.5, 0.6) is 0 Å². The molecule has 0 saturated carbocycles. The van der Waals surface area contributed by atoms with Gasteiger partial charge in [-0.1, -0.05) is 30.7 Å². The predicted molar refractivity (Wildman–Crippen MR) is 125 cm³/mol. The second-order valence-corrected chi connectivity index (χ2v) is 9.26. The van der Waals surface area contributed by atoms with Crippen molar-refractivity contribution in [1.82, 2.24) is 14.5 Å². The topological polar surface area (TPSA) is 106 Å². The Hall–Kier alpha value is -3.69. The van der Waals surface area contributed by atoms with Gasteiger partial charge in [0.1, 0.15) is 5.76 Å². The van der Waals surface area contributed by atoms with E-state index in [1.165, 1.54) is 24.6 Å². The van der Waals surface area contributed by atoms with Gasteiger partial charge < -0.3 is 9.73 Å². The van der Waals surface area contributed by atoms with Gasteiger partial charge >= 0.3 is 0 Å². The van der Waals surface area contributed by atoms with Gasteiger partial charge in [-0.15, -0.1) is 0 Å². The first-order valence-electron chi connectivity index (χ1n) is 10.4. The molecule has 0 saturated heterocycles. The molecule has 0 aliphatic carbocycles. The molecule has 1 amide bonds. The summed E-state index contributed by atoms with van der Waals surface area (Å²) in [6.07, 6.45) is 3.60. The first-order chi connectivity index (χ1) is 15.9. The standard InChI is InChI=1S/C24H24N4O4S/c1-3-23-22(16-25-28(23)19-11-9-17(2)10-12-19)24(29)27-18-6-4-8-21(14-18)33(30,31)26-15-20-7-5-13-32-20/h4-14,16,26H,3,15H2,1-2H3,(H,27,29). The molecular weight excluding hydrogens is 440 g/mol. The Morgan fingerprint density at radius 3 is 2.58 bits per heavy atom. The Morgan fingerprint density at radius 1 is 1.09 bits per heavy atom. The van der Waals surface area contributed by atoms with Gasteiger partial charge in [-0.25, -0.2) is 17.8 Å². The third kappa shape index (κ3) is 5.05. The lowest BCUT2D eigenvalue weighted by molar-refractivity contribution is 0.102. The lowest BCUT2D eigenvalue weighted by atomic mass is 10.1. The Bertz CT molecular complexity index is 1360. The van der Waals surface area contributed by atoms with E-state index in [0.29, 0.717) is 23.4 Å². The summed E-state index contributed by atoms with van der Waals surface area (Å²) in [4.78, 5) is 13.0. The molecule has 2 aromatic heterocycles. The maximum Gasteiger partial charge on any atom is 0.259 e. The highest BCUT2D eigenvalue weighted by molar-refractivity contribution is 7.89. The number of amides is 1. The molecule has 0 unspecified atom stereocenters. The molecule has 0 atom stereocenters. The number of benzene rings is 2. The molecule has 33 heavy (non-hydrogen) atoms. The molecule has 0 spiro atoms. The minimum Gasteiger partial charge on any atom is -0.468 e. The van der Waals surface area contributed by atoms with Gasteiger partial charge in [0.2, 0.25) is 10.0 Å². The number of anilines is 1. The van der Waals surface area contributed by atoms with Gasteiger partial charge in [0.05, 0.1) is 40.8 Å². The van der Waals surface area contributed by atoms with Crippen LogP contribution in [-0.2, 0) is 23.0 Å². The van der Waals surface area contributed by atoms with Crippen molar-refractivity contribution in [2.24, 2.45) is 0 Å². The Kier molecular flexibility index (Phi) is 6.43. The maximum atomic E-state index is 13.0. The number of nitrogens with zero attached hydrogens (tertiary/aromatic N) is 2. The third-order valence-electron chi connectivity index (χ3n) is 5.15. The van der Waals surface area contributed by atoms with Gasteiger partial charge in [-0.3, -0.25) is 4.79 Å². The van der Waals surface area contributed by atoms with Crippen LogP contribution in [0.15, 0.2) is 82.4 Å². The van der Waals surface area contributed by atoms with Crippen molar-refractivity contribution in [3.63, 3.8) is 0 Å². The maximum absolute atomic E-state index is 13.0. The molecule has 0 aliphatic rings. The second kappa shape index (κ2) is 9.43. The average Bonchev–Trinajstić information content (AvgIpc) is 3.48. The van der Waals surface area contributed by atoms with E-state index in [1.807, 2.05) is 38.1 Å². The minimum absolute atomic E-state index is 0.0317. The molecule has 0 fully saturated rings. The van der Waals surface area contributed by atoms with Crippen molar-refractivity contribution < 1.29 is 17.6 Å². The molecule has 170 valence electrons. The number of rotatable bonds is 8.